The largest absolute Gasteiger partial charge is 0.410 e. The first-order valence-electron chi connectivity index (χ1n) is 3.98. The molecular weight excluding hydrogens is 204 g/mol. The first-order chi connectivity index (χ1) is 6.65. The molecule has 4 nitrogen and oxygen atoms in total. The molecule has 1 aliphatic rings. The van der Waals surface area contributed by atoms with Gasteiger partial charge in [0.15, 0.2) is 5.71 Å². The van der Waals surface area contributed by atoms with E-state index in [1.165, 1.54) is 0 Å². The summed E-state index contributed by atoms with van der Waals surface area (Å²) in [6, 6.07) is 3.46. The summed E-state index contributed by atoms with van der Waals surface area (Å²) in [6.45, 7) is 1.84. The van der Waals surface area contributed by atoms with Crippen LogP contribution in [0.15, 0.2) is 17.3 Å². The zero-order chi connectivity index (χ0) is 10.3. The number of oxime groups is 1. The molecule has 0 fully saturated rings. The van der Waals surface area contributed by atoms with E-state index in [-0.39, 0.29) is 5.71 Å². The quantitative estimate of drug-likeness (QED) is 0.507. The van der Waals surface area contributed by atoms with Gasteiger partial charge >= 0.3 is 0 Å². The molecule has 0 radical (unpaired) electrons. The van der Waals surface area contributed by atoms with Crippen LogP contribution in [0.3, 0.4) is 0 Å². The number of aryl methyl sites for hydroxylation is 1. The maximum Gasteiger partial charge on any atom is 0.278 e. The Morgan fingerprint density at radius 3 is 2.86 bits per heavy atom. The van der Waals surface area contributed by atoms with Gasteiger partial charge in [-0.15, -0.1) is 0 Å². The predicted octanol–water partition coefficient (Wildman–Crippen LogP) is 1.78. The topological polar surface area (TPSA) is 61.7 Å². The summed E-state index contributed by atoms with van der Waals surface area (Å²) >= 11 is 5.90. The van der Waals surface area contributed by atoms with E-state index in [0.29, 0.717) is 16.3 Å². The van der Waals surface area contributed by atoms with Gasteiger partial charge in [0.05, 0.1) is 16.3 Å². The minimum atomic E-state index is -0.432. The number of benzene rings is 1. The molecule has 14 heavy (non-hydrogen) atoms. The van der Waals surface area contributed by atoms with Gasteiger partial charge in [-0.25, -0.2) is 0 Å². The molecule has 1 aromatic carbocycles. The van der Waals surface area contributed by atoms with E-state index in [1.54, 1.807) is 12.1 Å². The number of hydrogen-bond donors (Lipinski definition) is 2. The maximum atomic E-state index is 11.3. The summed E-state index contributed by atoms with van der Waals surface area (Å²) in [5.74, 6) is -0.432. The van der Waals surface area contributed by atoms with E-state index in [0.717, 1.165) is 5.56 Å². The van der Waals surface area contributed by atoms with Crippen LogP contribution in [-0.4, -0.2) is 16.8 Å². The Kier molecular flexibility index (Phi) is 1.93. The lowest BCUT2D eigenvalue weighted by Gasteiger charge is -2.03. The molecule has 2 rings (SSSR count). The van der Waals surface area contributed by atoms with Crippen molar-refractivity contribution in [3.8, 4) is 0 Å². The molecule has 0 unspecified atom stereocenters. The summed E-state index contributed by atoms with van der Waals surface area (Å²) in [6.07, 6.45) is 0. The molecule has 72 valence electrons. The Bertz CT molecular complexity index is 454. The highest BCUT2D eigenvalue weighted by Gasteiger charge is 2.30. The zero-order valence-electron chi connectivity index (χ0n) is 7.34. The van der Waals surface area contributed by atoms with Crippen LogP contribution < -0.4 is 5.32 Å². The van der Waals surface area contributed by atoms with Gasteiger partial charge in [-0.2, -0.15) is 0 Å². The van der Waals surface area contributed by atoms with Crippen LogP contribution in [0.5, 0.6) is 0 Å². The summed E-state index contributed by atoms with van der Waals surface area (Å²) in [5, 5.41) is 14.6. The van der Waals surface area contributed by atoms with Gasteiger partial charge in [0.25, 0.3) is 5.91 Å². The van der Waals surface area contributed by atoms with Crippen molar-refractivity contribution < 1.29 is 10.0 Å². The molecule has 1 amide bonds. The third-order valence-corrected chi connectivity index (χ3v) is 2.47. The number of amides is 1. The van der Waals surface area contributed by atoms with Crippen molar-refractivity contribution in [2.45, 2.75) is 6.92 Å². The molecule has 0 aliphatic carbocycles. The fourth-order valence-electron chi connectivity index (χ4n) is 1.46. The van der Waals surface area contributed by atoms with E-state index < -0.39 is 5.91 Å². The highest BCUT2D eigenvalue weighted by atomic mass is 35.5. The van der Waals surface area contributed by atoms with Crippen molar-refractivity contribution in [2.75, 3.05) is 5.32 Å². The molecule has 2 N–H and O–H groups in total. The van der Waals surface area contributed by atoms with E-state index in [9.17, 15) is 4.79 Å². The first-order valence-corrected chi connectivity index (χ1v) is 4.36. The number of carbonyl (C=O) groups is 1. The molecule has 0 saturated heterocycles. The van der Waals surface area contributed by atoms with Gasteiger partial charge in [0, 0.05) is 0 Å². The van der Waals surface area contributed by atoms with E-state index in [2.05, 4.69) is 10.5 Å². The average Bonchev–Trinajstić information content (AvgIpc) is 2.50. The normalized spacial score (nSPS) is 17.0. The summed E-state index contributed by atoms with van der Waals surface area (Å²) in [7, 11) is 0. The van der Waals surface area contributed by atoms with Crippen LogP contribution in [0.25, 0.3) is 0 Å². The molecule has 0 spiro atoms. The number of hydrogen-bond acceptors (Lipinski definition) is 3. The second-order valence-corrected chi connectivity index (χ2v) is 3.42. The smallest absolute Gasteiger partial charge is 0.278 e. The predicted molar refractivity (Wildman–Crippen MR) is 53.1 cm³/mol. The summed E-state index contributed by atoms with van der Waals surface area (Å²) < 4.78 is 0. The molecule has 1 aromatic rings. The van der Waals surface area contributed by atoms with Crippen molar-refractivity contribution in [2.24, 2.45) is 5.16 Å². The Balaban J connectivity index is 2.75. The lowest BCUT2D eigenvalue weighted by Crippen LogP contribution is -2.14. The van der Waals surface area contributed by atoms with E-state index in [4.69, 9.17) is 16.8 Å². The lowest BCUT2D eigenvalue weighted by molar-refractivity contribution is -0.110. The molecule has 1 heterocycles. The number of nitrogens with one attached hydrogen (secondary N) is 1. The molecule has 0 atom stereocenters. The van der Waals surface area contributed by atoms with Crippen LogP contribution in [0, 0.1) is 6.92 Å². The third-order valence-electron chi connectivity index (χ3n) is 2.15. The number of anilines is 1. The molecule has 0 aromatic heterocycles. The number of rotatable bonds is 0. The van der Waals surface area contributed by atoms with Gasteiger partial charge in [-0.3, -0.25) is 4.79 Å². The number of fused-ring (bicyclic) bond motifs is 1. The van der Waals surface area contributed by atoms with Crippen molar-refractivity contribution >= 4 is 28.9 Å². The Labute approximate surface area is 85.2 Å². The summed E-state index contributed by atoms with van der Waals surface area (Å²) in [4.78, 5) is 11.3. The fraction of sp³-hybridized carbons (Fsp3) is 0.111. The molecule has 0 saturated carbocycles. The number of nitrogens with zero attached hydrogens (tertiary/aromatic N) is 1. The van der Waals surface area contributed by atoms with Gasteiger partial charge in [0.2, 0.25) is 0 Å². The molecular formula is C9H7ClN2O2. The monoisotopic (exact) mass is 210 g/mol. The zero-order valence-corrected chi connectivity index (χ0v) is 8.09. The van der Waals surface area contributed by atoms with Crippen LogP contribution in [0.1, 0.15) is 11.1 Å². The van der Waals surface area contributed by atoms with Crippen LogP contribution in [0.2, 0.25) is 5.02 Å². The van der Waals surface area contributed by atoms with Gasteiger partial charge in [0.1, 0.15) is 0 Å². The van der Waals surface area contributed by atoms with Gasteiger partial charge < -0.3 is 10.5 Å². The van der Waals surface area contributed by atoms with Crippen LogP contribution >= 0.6 is 11.6 Å². The second kappa shape index (κ2) is 2.99. The Hall–Kier alpha value is -1.55. The highest BCUT2D eigenvalue weighted by molar-refractivity contribution is 6.56. The van der Waals surface area contributed by atoms with E-state index >= 15 is 0 Å². The number of halogens is 1. The minimum absolute atomic E-state index is 0.0336. The van der Waals surface area contributed by atoms with Crippen molar-refractivity contribution in [3.05, 3.63) is 28.3 Å². The Morgan fingerprint density at radius 2 is 2.21 bits per heavy atom. The second-order valence-electron chi connectivity index (χ2n) is 3.02. The Morgan fingerprint density at radius 1 is 1.50 bits per heavy atom. The van der Waals surface area contributed by atoms with E-state index in [1.807, 2.05) is 6.92 Å². The van der Waals surface area contributed by atoms with Crippen LogP contribution in [-0.2, 0) is 4.79 Å². The average molecular weight is 211 g/mol. The van der Waals surface area contributed by atoms with Gasteiger partial charge in [-0.1, -0.05) is 22.8 Å². The molecule has 5 heteroatoms. The molecule has 1 aliphatic heterocycles. The number of carbonyl (C=O) groups excluding carboxylic acids is 1. The first kappa shape index (κ1) is 9.02. The fourth-order valence-corrected chi connectivity index (χ4v) is 1.70. The highest BCUT2D eigenvalue weighted by Crippen LogP contribution is 2.32. The van der Waals surface area contributed by atoms with Gasteiger partial charge in [-0.05, 0) is 18.6 Å². The van der Waals surface area contributed by atoms with Crippen LogP contribution in [0.4, 0.5) is 5.69 Å². The van der Waals surface area contributed by atoms with Crippen molar-refractivity contribution in [1.29, 1.82) is 0 Å². The van der Waals surface area contributed by atoms with Crippen molar-refractivity contribution in [3.63, 3.8) is 0 Å². The minimum Gasteiger partial charge on any atom is -0.410 e. The molecule has 0 bridgehead atoms. The maximum absolute atomic E-state index is 11.3. The standard InChI is InChI=1S/C9H7ClN2O2/c1-4-2-3-5(10)6-7(4)11-9(13)8(6)12-14/h2-3,14H,1H3,(H,11,12,13). The summed E-state index contributed by atoms with van der Waals surface area (Å²) in [5.41, 5.74) is 1.94. The lowest BCUT2D eigenvalue weighted by atomic mass is 10.1. The van der Waals surface area contributed by atoms with Crippen molar-refractivity contribution in [1.82, 2.24) is 0 Å². The third kappa shape index (κ3) is 1.08. The SMILES string of the molecule is Cc1ccc(Cl)c2c1NC(=O)/C2=N\O.